The third-order valence-corrected chi connectivity index (χ3v) is 7.26. The summed E-state index contributed by atoms with van der Waals surface area (Å²) in [7, 11) is 0. The number of nitrogens with one attached hydrogen (secondary N) is 5. The van der Waals surface area contributed by atoms with Gasteiger partial charge in [0.25, 0.3) is 0 Å². The molecule has 47 heavy (non-hydrogen) atoms. The maximum atomic E-state index is 13.6. The van der Waals surface area contributed by atoms with Gasteiger partial charge in [0, 0.05) is 13.0 Å². The zero-order chi connectivity index (χ0) is 36.0. The lowest BCUT2D eigenvalue weighted by molar-refractivity contribution is -0.146. The summed E-state index contributed by atoms with van der Waals surface area (Å²) in [6, 6.07) is -5.92. The highest BCUT2D eigenvalue weighted by molar-refractivity contribution is 5.96. The van der Waals surface area contributed by atoms with Gasteiger partial charge in [-0.15, -0.1) is 0 Å². The zero-order valence-corrected chi connectivity index (χ0v) is 27.0. The molecule has 1 aliphatic rings. The molecule has 12 N–H and O–H groups in total. The Kier molecular flexibility index (Phi) is 16.2. The number of hydrogen-bond donors (Lipinski definition) is 9. The molecule has 1 rings (SSSR count). The Morgan fingerprint density at radius 3 is 1.91 bits per heavy atom. The zero-order valence-electron chi connectivity index (χ0n) is 27.0. The van der Waals surface area contributed by atoms with E-state index in [4.69, 9.17) is 17.2 Å². The van der Waals surface area contributed by atoms with E-state index in [2.05, 4.69) is 26.6 Å². The summed E-state index contributed by atoms with van der Waals surface area (Å²) < 4.78 is 0. The molecule has 5 atom stereocenters. The van der Waals surface area contributed by atoms with E-state index in [1.54, 1.807) is 27.7 Å². The van der Waals surface area contributed by atoms with E-state index in [-0.39, 0.29) is 25.8 Å². The molecule has 1 fully saturated rings. The summed E-state index contributed by atoms with van der Waals surface area (Å²) in [6.45, 7) is 5.76. The van der Waals surface area contributed by atoms with Gasteiger partial charge in [-0.2, -0.15) is 0 Å². The summed E-state index contributed by atoms with van der Waals surface area (Å²) in [5.74, 6) is -8.16. The highest BCUT2D eigenvalue weighted by Crippen LogP contribution is 2.21. The molecule has 19 nitrogen and oxygen atoms in total. The van der Waals surface area contributed by atoms with Gasteiger partial charge < -0.3 is 53.8 Å². The lowest BCUT2D eigenvalue weighted by Crippen LogP contribution is -2.60. The third kappa shape index (κ3) is 13.6. The van der Waals surface area contributed by atoms with Gasteiger partial charge in [-0.3, -0.25) is 38.4 Å². The van der Waals surface area contributed by atoms with Crippen LogP contribution in [0.25, 0.3) is 0 Å². The van der Waals surface area contributed by atoms with Crippen molar-refractivity contribution in [2.24, 2.45) is 29.0 Å². The number of carbonyl (C=O) groups is 9. The number of aliphatic carboxylic acids is 1. The molecular weight excluding hydrogens is 622 g/mol. The fraction of sp³-hybridized carbons (Fsp3) is 0.679. The van der Waals surface area contributed by atoms with Gasteiger partial charge in [0.05, 0.1) is 25.6 Å². The number of likely N-dealkylation sites (tertiary alicyclic amines) is 1. The predicted molar refractivity (Wildman–Crippen MR) is 164 cm³/mol. The Morgan fingerprint density at radius 1 is 0.787 bits per heavy atom. The maximum Gasteiger partial charge on any atom is 0.326 e. The Morgan fingerprint density at radius 2 is 1.38 bits per heavy atom. The number of primary amides is 2. The predicted octanol–water partition coefficient (Wildman–Crippen LogP) is -4.47. The lowest BCUT2D eigenvalue weighted by Gasteiger charge is -2.32. The van der Waals surface area contributed by atoms with Crippen molar-refractivity contribution in [3.8, 4) is 0 Å². The SMILES string of the molecule is CC(C)[C@H](NC(=O)CNC(=O)CNC(=O)[C@@H](N)CCC(N)=O)C(=O)N[C@H](C(=O)N1CCC[C@H]1C(=O)N[C@@H](CC(N)=O)C(=O)O)C(C)C. The van der Waals surface area contributed by atoms with E-state index in [0.717, 1.165) is 0 Å². The average Bonchev–Trinajstić information content (AvgIpc) is 3.47. The van der Waals surface area contributed by atoms with Gasteiger partial charge in [-0.05, 0) is 31.1 Å². The number of nitrogens with zero attached hydrogens (tertiary/aromatic N) is 1. The van der Waals surface area contributed by atoms with Gasteiger partial charge in [-0.1, -0.05) is 27.7 Å². The minimum Gasteiger partial charge on any atom is -0.480 e. The topological polar surface area (TPSA) is 315 Å². The molecule has 0 spiro atoms. The minimum atomic E-state index is -1.57. The molecule has 1 saturated heterocycles. The molecule has 264 valence electrons. The normalized spacial score (nSPS) is 16.7. The number of carboxylic acid groups (broad SMARTS) is 1. The number of amides is 8. The van der Waals surface area contributed by atoms with Gasteiger partial charge >= 0.3 is 5.97 Å². The number of carboxylic acids is 1. The largest absolute Gasteiger partial charge is 0.480 e. The molecule has 0 saturated carbocycles. The van der Waals surface area contributed by atoms with E-state index in [9.17, 15) is 48.3 Å². The molecule has 1 heterocycles. The number of nitrogens with two attached hydrogens (primary N) is 3. The van der Waals surface area contributed by atoms with Gasteiger partial charge in [-0.25, -0.2) is 4.79 Å². The highest BCUT2D eigenvalue weighted by Gasteiger charge is 2.40. The molecule has 0 aliphatic carbocycles. The second kappa shape index (κ2) is 19.0. The van der Waals surface area contributed by atoms with Crippen LogP contribution >= 0.6 is 0 Å². The number of carbonyl (C=O) groups excluding carboxylic acids is 8. The van der Waals surface area contributed by atoms with Crippen LogP contribution in [0.4, 0.5) is 0 Å². The molecule has 19 heteroatoms. The van der Waals surface area contributed by atoms with Crippen molar-refractivity contribution >= 4 is 53.2 Å². The lowest BCUT2D eigenvalue weighted by atomic mass is 9.99. The maximum absolute atomic E-state index is 13.6. The van der Waals surface area contributed by atoms with Crippen LogP contribution in [0.1, 0.15) is 59.8 Å². The smallest absolute Gasteiger partial charge is 0.326 e. The summed E-state index contributed by atoms with van der Waals surface area (Å²) in [4.78, 5) is 111. The molecule has 0 aromatic carbocycles. The van der Waals surface area contributed by atoms with Crippen molar-refractivity contribution in [1.29, 1.82) is 0 Å². The Bertz CT molecular complexity index is 1210. The fourth-order valence-corrected chi connectivity index (χ4v) is 4.64. The first-order valence-electron chi connectivity index (χ1n) is 15.2. The molecule has 1 aliphatic heterocycles. The fourth-order valence-electron chi connectivity index (χ4n) is 4.64. The molecular formula is C28H47N9O10. The van der Waals surface area contributed by atoms with Crippen LogP contribution in [0.5, 0.6) is 0 Å². The third-order valence-electron chi connectivity index (χ3n) is 7.26. The Labute approximate surface area is 271 Å². The van der Waals surface area contributed by atoms with Gasteiger partial charge in [0.15, 0.2) is 0 Å². The van der Waals surface area contributed by atoms with E-state index in [0.29, 0.717) is 6.42 Å². The van der Waals surface area contributed by atoms with Crippen LogP contribution in [0, 0.1) is 11.8 Å². The van der Waals surface area contributed by atoms with Crippen molar-refractivity contribution in [3.05, 3.63) is 0 Å². The van der Waals surface area contributed by atoms with E-state index in [1.165, 1.54) is 4.90 Å². The average molecular weight is 670 g/mol. The van der Waals surface area contributed by atoms with Crippen LogP contribution in [-0.4, -0.2) is 113 Å². The molecule has 0 aromatic heterocycles. The first kappa shape index (κ1) is 40.2. The standard InChI is InChI=1S/C28H47N9O10/c1-13(2)22(35-21(41)12-32-20(40)11-33-24(42)15(29)7-8-18(30)38)26(44)36-23(14(3)4)27(45)37-9-5-6-17(37)25(43)34-16(28(46)47)10-19(31)39/h13-17,22-23H,5-12,29H2,1-4H3,(H2,30,38)(H2,31,39)(H,32,40)(H,33,42)(H,34,43)(H,35,41)(H,36,44)(H,46,47)/t15-,16-,17-,22-,23-/m0/s1. The van der Waals surface area contributed by atoms with Crippen LogP contribution in [0.2, 0.25) is 0 Å². The molecule has 8 amide bonds. The monoisotopic (exact) mass is 669 g/mol. The van der Waals surface area contributed by atoms with Crippen molar-refractivity contribution < 1.29 is 48.3 Å². The molecule has 0 bridgehead atoms. The van der Waals surface area contributed by atoms with Crippen molar-refractivity contribution in [2.45, 2.75) is 90.0 Å². The van der Waals surface area contributed by atoms with Crippen molar-refractivity contribution in [2.75, 3.05) is 19.6 Å². The van der Waals surface area contributed by atoms with Crippen LogP contribution in [-0.2, 0) is 43.2 Å². The van der Waals surface area contributed by atoms with Gasteiger partial charge in [0.1, 0.15) is 24.2 Å². The summed E-state index contributed by atoms with van der Waals surface area (Å²) in [5.41, 5.74) is 15.7. The summed E-state index contributed by atoms with van der Waals surface area (Å²) >= 11 is 0. The van der Waals surface area contributed by atoms with Crippen LogP contribution in [0.3, 0.4) is 0 Å². The van der Waals surface area contributed by atoms with Crippen LogP contribution < -0.4 is 43.8 Å². The van der Waals surface area contributed by atoms with Crippen molar-refractivity contribution in [3.63, 3.8) is 0 Å². The quantitative estimate of drug-likeness (QED) is 0.0631. The molecule has 0 unspecified atom stereocenters. The first-order valence-corrected chi connectivity index (χ1v) is 15.2. The van der Waals surface area contributed by atoms with Crippen molar-refractivity contribution in [1.82, 2.24) is 31.5 Å². The van der Waals surface area contributed by atoms with E-state index in [1.807, 2.05) is 0 Å². The second-order valence-corrected chi connectivity index (χ2v) is 11.9. The first-order chi connectivity index (χ1) is 21.8. The highest BCUT2D eigenvalue weighted by atomic mass is 16.4. The van der Waals surface area contributed by atoms with E-state index >= 15 is 0 Å². The number of hydrogen-bond acceptors (Lipinski definition) is 10. The second-order valence-electron chi connectivity index (χ2n) is 11.9. The Balaban J connectivity index is 2.82. The summed E-state index contributed by atoms with van der Waals surface area (Å²) in [6.07, 6.45) is -0.0992. The van der Waals surface area contributed by atoms with Crippen LogP contribution in [0.15, 0.2) is 0 Å². The van der Waals surface area contributed by atoms with Gasteiger partial charge in [0.2, 0.25) is 47.3 Å². The summed E-state index contributed by atoms with van der Waals surface area (Å²) in [5, 5.41) is 21.3. The number of rotatable bonds is 19. The Hall–Kier alpha value is -4.81. The molecule has 0 aromatic rings. The van der Waals surface area contributed by atoms with E-state index < -0.39 is 115 Å². The minimum absolute atomic E-state index is 0.00727. The molecule has 0 radical (unpaired) electrons.